The van der Waals surface area contributed by atoms with Gasteiger partial charge in [0.1, 0.15) is 0 Å². The highest BCUT2D eigenvalue weighted by atomic mass is 32.2. The largest absolute Gasteiger partial charge is 0.355 e. The lowest BCUT2D eigenvalue weighted by atomic mass is 10.2. The number of hydrogen-bond acceptors (Lipinski definition) is 4. The van der Waals surface area contributed by atoms with Crippen LogP contribution in [0.4, 0.5) is 0 Å². The lowest BCUT2D eigenvalue weighted by Gasteiger charge is -2.22. The molecule has 0 heterocycles. The molecule has 0 atom stereocenters. The van der Waals surface area contributed by atoms with Gasteiger partial charge in [0, 0.05) is 25.3 Å². The van der Waals surface area contributed by atoms with E-state index < -0.39 is 14.6 Å². The first kappa shape index (κ1) is 17.4. The monoisotopic (exact) mass is 278 g/mol. The lowest BCUT2D eigenvalue weighted by Crippen LogP contribution is -2.43. The molecule has 0 aromatic heterocycles. The topological polar surface area (TPSA) is 75.3 Å². The zero-order valence-electron chi connectivity index (χ0n) is 12.0. The first-order valence-electron chi connectivity index (χ1n) is 6.26. The zero-order chi connectivity index (χ0) is 14.4. The predicted octanol–water partition coefficient (Wildman–Crippen LogP) is 0.704. The molecule has 108 valence electrons. The summed E-state index contributed by atoms with van der Waals surface area (Å²) in [6.45, 7) is 8.28. The Labute approximate surface area is 111 Å². The molecule has 0 rings (SSSR count). The van der Waals surface area contributed by atoms with Gasteiger partial charge in [-0.25, -0.2) is 8.42 Å². The summed E-state index contributed by atoms with van der Waals surface area (Å²) >= 11 is 0. The smallest absolute Gasteiger partial charge is 0.220 e. The van der Waals surface area contributed by atoms with Crippen molar-refractivity contribution >= 4 is 15.7 Å². The van der Waals surface area contributed by atoms with E-state index in [1.807, 2.05) is 0 Å². The fourth-order valence-electron chi connectivity index (χ4n) is 1.17. The standard InChI is InChI=1S/C12H26N2O3S/c1-10(2)13-8-6-7-11(15)14-9-12(3,4)18(5,16)17/h10,13H,6-9H2,1-5H3,(H,14,15). The van der Waals surface area contributed by atoms with Crippen LogP contribution in [-0.2, 0) is 14.6 Å². The van der Waals surface area contributed by atoms with Gasteiger partial charge in [-0.1, -0.05) is 13.8 Å². The van der Waals surface area contributed by atoms with Gasteiger partial charge in [0.05, 0.1) is 4.75 Å². The molecule has 0 aliphatic rings. The number of sulfone groups is 1. The SMILES string of the molecule is CC(C)NCCCC(=O)NCC(C)(C)S(C)(=O)=O. The molecule has 0 aliphatic carbocycles. The minimum Gasteiger partial charge on any atom is -0.355 e. The molecular formula is C12H26N2O3S. The lowest BCUT2D eigenvalue weighted by molar-refractivity contribution is -0.121. The van der Waals surface area contributed by atoms with Gasteiger partial charge >= 0.3 is 0 Å². The first-order valence-corrected chi connectivity index (χ1v) is 8.15. The van der Waals surface area contributed by atoms with Crippen molar-refractivity contribution in [2.45, 2.75) is 51.3 Å². The third kappa shape index (κ3) is 6.96. The van der Waals surface area contributed by atoms with Gasteiger partial charge in [0.15, 0.2) is 9.84 Å². The Morgan fingerprint density at radius 1 is 1.28 bits per heavy atom. The summed E-state index contributed by atoms with van der Waals surface area (Å²) < 4.78 is 22.0. The van der Waals surface area contributed by atoms with E-state index in [1.165, 1.54) is 6.26 Å². The molecule has 0 radical (unpaired) electrons. The van der Waals surface area contributed by atoms with Crippen LogP contribution in [0.15, 0.2) is 0 Å². The molecular weight excluding hydrogens is 252 g/mol. The van der Waals surface area contributed by atoms with Crippen LogP contribution in [-0.4, -0.2) is 44.5 Å². The molecule has 0 saturated carbocycles. The molecule has 0 spiro atoms. The summed E-state index contributed by atoms with van der Waals surface area (Å²) in [6.07, 6.45) is 2.36. The van der Waals surface area contributed by atoms with Crippen molar-refractivity contribution in [3.05, 3.63) is 0 Å². The van der Waals surface area contributed by atoms with Crippen molar-refractivity contribution in [3.63, 3.8) is 0 Å². The van der Waals surface area contributed by atoms with Crippen LogP contribution in [0.1, 0.15) is 40.5 Å². The van der Waals surface area contributed by atoms with Crippen LogP contribution in [0.3, 0.4) is 0 Å². The Morgan fingerprint density at radius 2 is 1.83 bits per heavy atom. The molecule has 0 saturated heterocycles. The van der Waals surface area contributed by atoms with Crippen LogP contribution in [0.2, 0.25) is 0 Å². The molecule has 1 amide bonds. The van der Waals surface area contributed by atoms with Crippen LogP contribution < -0.4 is 10.6 Å². The second kappa shape index (κ2) is 7.09. The highest BCUT2D eigenvalue weighted by Gasteiger charge is 2.30. The summed E-state index contributed by atoms with van der Waals surface area (Å²) in [5, 5.41) is 5.89. The van der Waals surface area contributed by atoms with Gasteiger partial charge in [0.2, 0.25) is 5.91 Å². The number of hydrogen-bond donors (Lipinski definition) is 2. The Kier molecular flexibility index (Phi) is 6.84. The minimum atomic E-state index is -3.16. The number of carbonyl (C=O) groups is 1. The normalized spacial score (nSPS) is 12.8. The molecule has 0 unspecified atom stereocenters. The van der Waals surface area contributed by atoms with Crippen molar-refractivity contribution in [1.29, 1.82) is 0 Å². The zero-order valence-corrected chi connectivity index (χ0v) is 12.9. The van der Waals surface area contributed by atoms with Crippen LogP contribution in [0.25, 0.3) is 0 Å². The van der Waals surface area contributed by atoms with E-state index in [0.717, 1.165) is 13.0 Å². The Balaban J connectivity index is 3.91. The first-order chi connectivity index (χ1) is 8.06. The van der Waals surface area contributed by atoms with E-state index in [0.29, 0.717) is 12.5 Å². The average Bonchev–Trinajstić information content (AvgIpc) is 2.19. The van der Waals surface area contributed by atoms with Gasteiger partial charge in [-0.3, -0.25) is 4.79 Å². The van der Waals surface area contributed by atoms with E-state index in [2.05, 4.69) is 24.5 Å². The summed E-state index contributed by atoms with van der Waals surface area (Å²) in [6, 6.07) is 0.414. The number of rotatable bonds is 8. The summed E-state index contributed by atoms with van der Waals surface area (Å²) in [7, 11) is -3.16. The van der Waals surface area contributed by atoms with Crippen molar-refractivity contribution in [3.8, 4) is 0 Å². The van der Waals surface area contributed by atoms with Gasteiger partial charge in [-0.05, 0) is 26.8 Å². The van der Waals surface area contributed by atoms with E-state index in [4.69, 9.17) is 0 Å². The predicted molar refractivity (Wildman–Crippen MR) is 74.3 cm³/mol. The maximum Gasteiger partial charge on any atom is 0.220 e. The van der Waals surface area contributed by atoms with Crippen LogP contribution in [0.5, 0.6) is 0 Å². The Hall–Kier alpha value is -0.620. The van der Waals surface area contributed by atoms with Crippen molar-refractivity contribution in [2.75, 3.05) is 19.3 Å². The van der Waals surface area contributed by atoms with Crippen LogP contribution in [0, 0.1) is 0 Å². The van der Waals surface area contributed by atoms with Gasteiger partial charge in [-0.15, -0.1) is 0 Å². The number of amides is 1. The molecule has 0 aliphatic heterocycles. The second-order valence-corrected chi connectivity index (χ2v) is 8.17. The van der Waals surface area contributed by atoms with Crippen molar-refractivity contribution in [2.24, 2.45) is 0 Å². The molecule has 2 N–H and O–H groups in total. The molecule has 0 bridgehead atoms. The molecule has 0 fully saturated rings. The molecule has 0 aromatic carbocycles. The minimum absolute atomic E-state index is 0.0997. The third-order valence-electron chi connectivity index (χ3n) is 2.85. The highest BCUT2D eigenvalue weighted by molar-refractivity contribution is 7.92. The summed E-state index contributed by atoms with van der Waals surface area (Å²) in [5.74, 6) is -0.0997. The molecule has 6 heteroatoms. The summed E-state index contributed by atoms with van der Waals surface area (Å²) in [4.78, 5) is 11.5. The maximum absolute atomic E-state index is 11.5. The molecule has 0 aromatic rings. The fourth-order valence-corrected chi connectivity index (χ4v) is 1.50. The average molecular weight is 278 g/mol. The van der Waals surface area contributed by atoms with Crippen molar-refractivity contribution < 1.29 is 13.2 Å². The third-order valence-corrected chi connectivity index (χ3v) is 5.00. The van der Waals surface area contributed by atoms with E-state index >= 15 is 0 Å². The van der Waals surface area contributed by atoms with Gasteiger partial charge < -0.3 is 10.6 Å². The van der Waals surface area contributed by atoms with E-state index in [-0.39, 0.29) is 12.5 Å². The second-order valence-electron chi connectivity index (χ2n) is 5.52. The summed E-state index contributed by atoms with van der Waals surface area (Å²) in [5.41, 5.74) is 0. The van der Waals surface area contributed by atoms with Crippen LogP contribution >= 0.6 is 0 Å². The Bertz CT molecular complexity index is 362. The molecule has 18 heavy (non-hydrogen) atoms. The van der Waals surface area contributed by atoms with Gasteiger partial charge in [0.25, 0.3) is 0 Å². The maximum atomic E-state index is 11.5. The van der Waals surface area contributed by atoms with E-state index in [9.17, 15) is 13.2 Å². The van der Waals surface area contributed by atoms with E-state index in [1.54, 1.807) is 13.8 Å². The Morgan fingerprint density at radius 3 is 2.28 bits per heavy atom. The van der Waals surface area contributed by atoms with Crippen molar-refractivity contribution in [1.82, 2.24) is 10.6 Å². The fraction of sp³-hybridized carbons (Fsp3) is 0.917. The molecule has 5 nitrogen and oxygen atoms in total. The van der Waals surface area contributed by atoms with Gasteiger partial charge in [-0.2, -0.15) is 0 Å². The number of nitrogens with one attached hydrogen (secondary N) is 2. The number of carbonyl (C=O) groups excluding carboxylic acids is 1. The highest BCUT2D eigenvalue weighted by Crippen LogP contribution is 2.13. The quantitative estimate of drug-likeness (QED) is 0.641.